The molecule has 1 aromatic heterocycles. The Morgan fingerprint density at radius 2 is 2.47 bits per heavy atom. The molecule has 0 aromatic carbocycles. The van der Waals surface area contributed by atoms with Crippen LogP contribution in [0.5, 0.6) is 5.88 Å². The Kier molecular flexibility index (Phi) is 4.59. The third kappa shape index (κ3) is 3.56. The van der Waals surface area contributed by atoms with Gasteiger partial charge in [0.2, 0.25) is 5.88 Å². The number of nitrogens with zero attached hydrogens (tertiary/aromatic N) is 1. The second kappa shape index (κ2) is 6.19. The van der Waals surface area contributed by atoms with Crippen LogP contribution in [-0.2, 0) is 11.3 Å². The van der Waals surface area contributed by atoms with E-state index in [0.717, 1.165) is 25.3 Å². The van der Waals surface area contributed by atoms with Gasteiger partial charge in [0.1, 0.15) is 0 Å². The average Bonchev–Trinajstić information content (AvgIpc) is 2.83. The lowest BCUT2D eigenvalue weighted by Crippen LogP contribution is -2.13. The van der Waals surface area contributed by atoms with E-state index in [9.17, 15) is 0 Å². The van der Waals surface area contributed by atoms with Gasteiger partial charge in [-0.1, -0.05) is 11.6 Å². The topological polar surface area (TPSA) is 43.4 Å². The van der Waals surface area contributed by atoms with Gasteiger partial charge in [0.05, 0.1) is 23.9 Å². The number of halogens is 1. The van der Waals surface area contributed by atoms with Crippen molar-refractivity contribution in [3.63, 3.8) is 0 Å². The number of ether oxygens (including phenoxy) is 2. The van der Waals surface area contributed by atoms with Gasteiger partial charge in [0, 0.05) is 25.1 Å². The van der Waals surface area contributed by atoms with Crippen LogP contribution >= 0.6 is 11.6 Å². The number of hydrogen-bond acceptors (Lipinski definition) is 4. The Balaban J connectivity index is 1.93. The average molecular weight is 257 g/mol. The van der Waals surface area contributed by atoms with E-state index in [0.29, 0.717) is 30.0 Å². The van der Waals surface area contributed by atoms with E-state index in [4.69, 9.17) is 21.1 Å². The van der Waals surface area contributed by atoms with Crippen molar-refractivity contribution in [2.45, 2.75) is 13.0 Å². The van der Waals surface area contributed by atoms with Crippen LogP contribution in [0.2, 0.25) is 5.02 Å². The molecule has 0 amide bonds. The fraction of sp³-hybridized carbons (Fsp3) is 0.583. The first-order valence-electron chi connectivity index (χ1n) is 5.80. The van der Waals surface area contributed by atoms with Gasteiger partial charge >= 0.3 is 0 Å². The molecule has 1 atom stereocenters. The molecule has 1 N–H and O–H groups in total. The molecular formula is C12H17ClN2O2. The molecule has 1 fully saturated rings. The number of rotatable bonds is 5. The molecule has 2 heterocycles. The third-order valence-corrected chi connectivity index (χ3v) is 3.07. The van der Waals surface area contributed by atoms with Crippen LogP contribution in [0.15, 0.2) is 12.1 Å². The molecule has 1 unspecified atom stereocenters. The van der Waals surface area contributed by atoms with Crippen LogP contribution in [0.25, 0.3) is 0 Å². The van der Waals surface area contributed by atoms with Gasteiger partial charge in [-0.25, -0.2) is 4.98 Å². The smallest absolute Gasteiger partial charge is 0.213 e. The van der Waals surface area contributed by atoms with Gasteiger partial charge in [-0.3, -0.25) is 0 Å². The fourth-order valence-electron chi connectivity index (χ4n) is 1.75. The molecule has 0 aliphatic carbocycles. The zero-order valence-electron chi connectivity index (χ0n) is 9.91. The Morgan fingerprint density at radius 1 is 1.59 bits per heavy atom. The normalized spacial score (nSPS) is 19.5. The molecule has 1 aromatic rings. The predicted octanol–water partition coefficient (Wildman–Crippen LogP) is 1.87. The second-order valence-corrected chi connectivity index (χ2v) is 4.56. The quantitative estimate of drug-likeness (QED) is 0.874. The molecule has 1 aliphatic rings. The van der Waals surface area contributed by atoms with E-state index in [1.165, 1.54) is 0 Å². The summed E-state index contributed by atoms with van der Waals surface area (Å²) in [6, 6.07) is 3.62. The van der Waals surface area contributed by atoms with E-state index < -0.39 is 0 Å². The van der Waals surface area contributed by atoms with Crippen LogP contribution in [-0.4, -0.2) is 31.9 Å². The van der Waals surface area contributed by atoms with Gasteiger partial charge in [-0.05, 0) is 19.5 Å². The van der Waals surface area contributed by atoms with Gasteiger partial charge in [-0.2, -0.15) is 0 Å². The number of hydrogen-bond donors (Lipinski definition) is 1. The molecule has 1 saturated heterocycles. The molecule has 5 heteroatoms. The second-order valence-electron chi connectivity index (χ2n) is 4.15. The van der Waals surface area contributed by atoms with Crippen molar-refractivity contribution in [3.8, 4) is 5.88 Å². The molecule has 0 radical (unpaired) electrons. The van der Waals surface area contributed by atoms with Crippen molar-refractivity contribution in [1.82, 2.24) is 10.3 Å². The number of pyridine rings is 1. The van der Waals surface area contributed by atoms with Crippen LogP contribution < -0.4 is 10.1 Å². The number of aromatic nitrogens is 1. The number of nitrogens with one attached hydrogen (secondary N) is 1. The summed E-state index contributed by atoms with van der Waals surface area (Å²) in [5.74, 6) is 1.12. The maximum atomic E-state index is 6.02. The molecule has 1 aliphatic heterocycles. The lowest BCUT2D eigenvalue weighted by Gasteiger charge is -2.11. The summed E-state index contributed by atoms with van der Waals surface area (Å²) < 4.78 is 10.9. The van der Waals surface area contributed by atoms with E-state index in [1.807, 2.05) is 13.1 Å². The highest BCUT2D eigenvalue weighted by Gasteiger charge is 2.16. The zero-order valence-corrected chi connectivity index (χ0v) is 10.7. The summed E-state index contributed by atoms with van der Waals surface area (Å²) >= 11 is 6.02. The Bertz CT molecular complexity index is 368. The van der Waals surface area contributed by atoms with Gasteiger partial charge in [0.25, 0.3) is 0 Å². The van der Waals surface area contributed by atoms with E-state index >= 15 is 0 Å². The standard InChI is InChI=1S/C12H17ClN2O2/c1-14-6-11-10(13)2-3-12(15-11)17-8-9-4-5-16-7-9/h2-3,9,14H,4-8H2,1H3. The lowest BCUT2D eigenvalue weighted by molar-refractivity contribution is 0.165. The molecule has 0 bridgehead atoms. The van der Waals surface area contributed by atoms with Crippen LogP contribution in [0.4, 0.5) is 0 Å². The van der Waals surface area contributed by atoms with Crippen molar-refractivity contribution < 1.29 is 9.47 Å². The molecule has 0 spiro atoms. The molecule has 17 heavy (non-hydrogen) atoms. The van der Waals surface area contributed by atoms with Crippen LogP contribution in [0.3, 0.4) is 0 Å². The molecular weight excluding hydrogens is 240 g/mol. The van der Waals surface area contributed by atoms with Crippen molar-refractivity contribution in [2.24, 2.45) is 5.92 Å². The first-order chi connectivity index (χ1) is 8.29. The van der Waals surface area contributed by atoms with E-state index in [-0.39, 0.29) is 0 Å². The monoisotopic (exact) mass is 256 g/mol. The highest BCUT2D eigenvalue weighted by atomic mass is 35.5. The summed E-state index contributed by atoms with van der Waals surface area (Å²) in [4.78, 5) is 4.37. The van der Waals surface area contributed by atoms with Gasteiger partial charge in [0.15, 0.2) is 0 Å². The van der Waals surface area contributed by atoms with Crippen molar-refractivity contribution in [3.05, 3.63) is 22.8 Å². The Hall–Kier alpha value is -0.840. The van der Waals surface area contributed by atoms with Crippen LogP contribution in [0, 0.1) is 5.92 Å². The molecule has 0 saturated carbocycles. The van der Waals surface area contributed by atoms with Crippen molar-refractivity contribution in [2.75, 3.05) is 26.9 Å². The van der Waals surface area contributed by atoms with E-state index in [2.05, 4.69) is 10.3 Å². The highest BCUT2D eigenvalue weighted by Crippen LogP contribution is 2.19. The maximum Gasteiger partial charge on any atom is 0.213 e. The minimum atomic E-state index is 0.486. The third-order valence-electron chi connectivity index (χ3n) is 2.73. The van der Waals surface area contributed by atoms with Gasteiger partial charge < -0.3 is 14.8 Å². The van der Waals surface area contributed by atoms with Crippen molar-refractivity contribution >= 4 is 11.6 Å². The summed E-state index contributed by atoms with van der Waals surface area (Å²) in [7, 11) is 1.86. The Labute approximate surface area is 106 Å². The van der Waals surface area contributed by atoms with Crippen LogP contribution in [0.1, 0.15) is 12.1 Å². The molecule has 2 rings (SSSR count). The van der Waals surface area contributed by atoms with Crippen molar-refractivity contribution in [1.29, 1.82) is 0 Å². The first-order valence-corrected chi connectivity index (χ1v) is 6.18. The summed E-state index contributed by atoms with van der Waals surface area (Å²) in [6.45, 7) is 2.93. The fourth-order valence-corrected chi connectivity index (χ4v) is 1.93. The lowest BCUT2D eigenvalue weighted by atomic mass is 10.1. The minimum Gasteiger partial charge on any atom is -0.477 e. The predicted molar refractivity (Wildman–Crippen MR) is 66.4 cm³/mol. The minimum absolute atomic E-state index is 0.486. The largest absolute Gasteiger partial charge is 0.477 e. The summed E-state index contributed by atoms with van der Waals surface area (Å²) in [5, 5.41) is 3.69. The van der Waals surface area contributed by atoms with E-state index in [1.54, 1.807) is 6.07 Å². The molecule has 4 nitrogen and oxygen atoms in total. The first kappa shape index (κ1) is 12.6. The SMILES string of the molecule is CNCc1nc(OCC2CCOC2)ccc1Cl. The zero-order chi connectivity index (χ0) is 12.1. The summed E-state index contributed by atoms with van der Waals surface area (Å²) in [6.07, 6.45) is 1.07. The Morgan fingerprint density at radius 3 is 3.18 bits per heavy atom. The van der Waals surface area contributed by atoms with Gasteiger partial charge in [-0.15, -0.1) is 0 Å². The summed E-state index contributed by atoms with van der Waals surface area (Å²) in [5.41, 5.74) is 0.814. The molecule has 94 valence electrons. The maximum absolute atomic E-state index is 6.02. The highest BCUT2D eigenvalue weighted by molar-refractivity contribution is 6.31.